The van der Waals surface area contributed by atoms with Crippen molar-refractivity contribution in [2.45, 2.75) is 63.7 Å². The highest BCUT2D eigenvalue weighted by atomic mass is 16.4. The fraction of sp³-hybridized carbons (Fsp3) is 0.611. The van der Waals surface area contributed by atoms with Gasteiger partial charge in [-0.15, -0.1) is 0 Å². The first-order valence-corrected chi connectivity index (χ1v) is 9.72. The first kappa shape index (κ1) is 25.0. The predicted octanol–water partition coefficient (Wildman–Crippen LogP) is -2.01. The number of imidazole rings is 1. The summed E-state index contributed by atoms with van der Waals surface area (Å²) in [4.78, 5) is 54.8. The van der Waals surface area contributed by atoms with Gasteiger partial charge in [-0.05, 0) is 33.2 Å². The summed E-state index contributed by atoms with van der Waals surface area (Å²) in [6.45, 7) is 3.22. The number of nitrogens with one attached hydrogen (secondary N) is 4. The number of amides is 3. The molecule has 0 aromatic carbocycles. The third kappa shape index (κ3) is 8.57. The summed E-state index contributed by atoms with van der Waals surface area (Å²) >= 11 is 0. The molecule has 0 aliphatic carbocycles. The van der Waals surface area contributed by atoms with Crippen LogP contribution in [-0.4, -0.2) is 69.5 Å². The van der Waals surface area contributed by atoms with Crippen LogP contribution in [0.5, 0.6) is 0 Å². The number of rotatable bonds is 13. The molecule has 12 nitrogen and oxygen atoms in total. The molecular formula is C18H31N7O5. The molecule has 168 valence electrons. The molecule has 0 spiro atoms. The second-order valence-electron chi connectivity index (χ2n) is 7.03. The van der Waals surface area contributed by atoms with Gasteiger partial charge in [0.2, 0.25) is 17.7 Å². The van der Waals surface area contributed by atoms with E-state index in [0.717, 1.165) is 6.42 Å². The average Bonchev–Trinajstić information content (AvgIpc) is 3.20. The highest BCUT2D eigenvalue weighted by Crippen LogP contribution is 2.03. The van der Waals surface area contributed by atoms with Gasteiger partial charge in [-0.2, -0.15) is 0 Å². The Morgan fingerprint density at radius 3 is 2.30 bits per heavy atom. The number of carboxylic acids is 1. The molecule has 0 radical (unpaired) electrons. The Morgan fingerprint density at radius 2 is 1.73 bits per heavy atom. The molecule has 0 saturated carbocycles. The van der Waals surface area contributed by atoms with Crippen molar-refractivity contribution in [2.24, 2.45) is 11.5 Å². The molecular weight excluding hydrogens is 394 g/mol. The van der Waals surface area contributed by atoms with Crippen molar-refractivity contribution >= 4 is 23.7 Å². The predicted molar refractivity (Wildman–Crippen MR) is 108 cm³/mol. The van der Waals surface area contributed by atoms with E-state index in [2.05, 4.69) is 25.9 Å². The Hall–Kier alpha value is -2.99. The smallest absolute Gasteiger partial charge is 0.325 e. The number of hydrogen-bond donors (Lipinski definition) is 7. The lowest BCUT2D eigenvalue weighted by Gasteiger charge is -2.23. The standard InChI is InChI=1S/C18H31N7O5/c1-10(15(26)24-11(2)18(29)30)23-17(28)14(7-12-8-21-9-22-12)25-16(27)13(20)5-3-4-6-19/h8-11,13-14H,3-7,19-20H2,1-2H3,(H,21,22)(H,23,28)(H,24,26)(H,25,27)(H,29,30). The van der Waals surface area contributed by atoms with Crippen LogP contribution < -0.4 is 27.4 Å². The molecule has 0 aliphatic rings. The summed E-state index contributed by atoms with van der Waals surface area (Å²) < 4.78 is 0. The molecule has 0 saturated heterocycles. The van der Waals surface area contributed by atoms with Crippen molar-refractivity contribution in [1.29, 1.82) is 0 Å². The number of aromatic nitrogens is 2. The number of aliphatic carboxylic acids is 1. The van der Waals surface area contributed by atoms with Crippen LogP contribution in [0.25, 0.3) is 0 Å². The zero-order valence-electron chi connectivity index (χ0n) is 17.2. The van der Waals surface area contributed by atoms with Crippen molar-refractivity contribution in [3.63, 3.8) is 0 Å². The van der Waals surface area contributed by atoms with Crippen molar-refractivity contribution in [1.82, 2.24) is 25.9 Å². The zero-order valence-corrected chi connectivity index (χ0v) is 17.2. The third-order valence-electron chi connectivity index (χ3n) is 4.40. The number of hydrogen-bond acceptors (Lipinski definition) is 7. The third-order valence-corrected chi connectivity index (χ3v) is 4.40. The fourth-order valence-electron chi connectivity index (χ4n) is 2.52. The Balaban J connectivity index is 2.76. The summed E-state index contributed by atoms with van der Waals surface area (Å²) in [7, 11) is 0. The number of carbonyl (C=O) groups is 4. The molecule has 4 atom stereocenters. The second-order valence-corrected chi connectivity index (χ2v) is 7.03. The van der Waals surface area contributed by atoms with Crippen LogP contribution in [-0.2, 0) is 25.6 Å². The highest BCUT2D eigenvalue weighted by molar-refractivity contribution is 5.93. The number of aromatic amines is 1. The summed E-state index contributed by atoms with van der Waals surface area (Å²) in [5.74, 6) is -2.97. The van der Waals surface area contributed by atoms with Gasteiger partial charge in [0.25, 0.3) is 0 Å². The largest absolute Gasteiger partial charge is 0.480 e. The van der Waals surface area contributed by atoms with Crippen LogP contribution in [0.15, 0.2) is 12.5 Å². The molecule has 1 rings (SSSR count). The van der Waals surface area contributed by atoms with Gasteiger partial charge in [0.1, 0.15) is 18.1 Å². The van der Waals surface area contributed by atoms with Gasteiger partial charge >= 0.3 is 5.97 Å². The molecule has 0 fully saturated rings. The zero-order chi connectivity index (χ0) is 22.7. The van der Waals surface area contributed by atoms with Crippen LogP contribution in [0.3, 0.4) is 0 Å². The maximum atomic E-state index is 12.7. The Bertz CT molecular complexity index is 710. The molecule has 12 heteroatoms. The SMILES string of the molecule is CC(NC(=O)C(C)NC(=O)C(Cc1cnc[nH]1)NC(=O)C(N)CCCCN)C(=O)O. The number of nitrogens with two attached hydrogens (primary N) is 2. The van der Waals surface area contributed by atoms with Crippen molar-refractivity contribution in [3.8, 4) is 0 Å². The normalized spacial score (nSPS) is 14.8. The minimum absolute atomic E-state index is 0.104. The van der Waals surface area contributed by atoms with E-state index in [9.17, 15) is 19.2 Å². The van der Waals surface area contributed by atoms with Gasteiger partial charge in [-0.1, -0.05) is 6.42 Å². The van der Waals surface area contributed by atoms with E-state index < -0.39 is 47.9 Å². The summed E-state index contributed by atoms with van der Waals surface area (Å²) in [6, 6.07) is -3.93. The van der Waals surface area contributed by atoms with Crippen LogP contribution in [0.4, 0.5) is 0 Å². The molecule has 4 unspecified atom stereocenters. The van der Waals surface area contributed by atoms with Crippen LogP contribution in [0.2, 0.25) is 0 Å². The molecule has 9 N–H and O–H groups in total. The molecule has 0 bridgehead atoms. The monoisotopic (exact) mass is 425 g/mol. The molecule has 1 aromatic rings. The minimum atomic E-state index is -1.20. The fourth-order valence-corrected chi connectivity index (χ4v) is 2.52. The van der Waals surface area contributed by atoms with Crippen molar-refractivity contribution in [2.75, 3.05) is 6.54 Å². The quantitative estimate of drug-likeness (QED) is 0.175. The van der Waals surface area contributed by atoms with Gasteiger partial charge in [-0.3, -0.25) is 19.2 Å². The van der Waals surface area contributed by atoms with E-state index in [-0.39, 0.29) is 6.42 Å². The van der Waals surface area contributed by atoms with Crippen molar-refractivity contribution < 1.29 is 24.3 Å². The molecule has 3 amide bonds. The van der Waals surface area contributed by atoms with Crippen molar-refractivity contribution in [3.05, 3.63) is 18.2 Å². The Labute approximate surface area is 174 Å². The molecule has 0 aliphatic heterocycles. The first-order valence-electron chi connectivity index (χ1n) is 9.72. The summed E-state index contributed by atoms with van der Waals surface area (Å²) in [5.41, 5.74) is 11.9. The Kier molecular flexibility index (Phi) is 10.5. The summed E-state index contributed by atoms with van der Waals surface area (Å²) in [5, 5.41) is 16.2. The minimum Gasteiger partial charge on any atom is -0.480 e. The highest BCUT2D eigenvalue weighted by Gasteiger charge is 2.27. The lowest BCUT2D eigenvalue weighted by Crippen LogP contribution is -2.56. The maximum absolute atomic E-state index is 12.7. The average molecular weight is 425 g/mol. The Morgan fingerprint density at radius 1 is 1.07 bits per heavy atom. The van der Waals surface area contributed by atoms with E-state index in [1.54, 1.807) is 0 Å². The number of carboxylic acid groups (broad SMARTS) is 1. The molecule has 1 aromatic heterocycles. The van der Waals surface area contributed by atoms with E-state index >= 15 is 0 Å². The molecule has 30 heavy (non-hydrogen) atoms. The second kappa shape index (κ2) is 12.5. The van der Waals surface area contributed by atoms with Gasteiger partial charge < -0.3 is 37.5 Å². The van der Waals surface area contributed by atoms with E-state index in [0.29, 0.717) is 25.1 Å². The first-order chi connectivity index (χ1) is 14.1. The topological polar surface area (TPSA) is 205 Å². The van der Waals surface area contributed by atoms with E-state index in [1.807, 2.05) is 0 Å². The maximum Gasteiger partial charge on any atom is 0.325 e. The van der Waals surface area contributed by atoms with E-state index in [4.69, 9.17) is 16.6 Å². The van der Waals surface area contributed by atoms with Gasteiger partial charge in [0, 0.05) is 18.3 Å². The number of unbranched alkanes of at least 4 members (excludes halogenated alkanes) is 1. The van der Waals surface area contributed by atoms with Crippen LogP contribution in [0.1, 0.15) is 38.8 Å². The number of H-pyrrole nitrogens is 1. The summed E-state index contributed by atoms with van der Waals surface area (Å²) in [6.07, 6.45) is 4.90. The lowest BCUT2D eigenvalue weighted by atomic mass is 10.1. The number of nitrogens with zero attached hydrogens (tertiary/aromatic N) is 1. The van der Waals surface area contributed by atoms with Gasteiger partial charge in [0.15, 0.2) is 0 Å². The van der Waals surface area contributed by atoms with E-state index in [1.165, 1.54) is 26.4 Å². The van der Waals surface area contributed by atoms with Gasteiger partial charge in [0.05, 0.1) is 12.4 Å². The lowest BCUT2D eigenvalue weighted by molar-refractivity contribution is -0.141. The van der Waals surface area contributed by atoms with Crippen LogP contribution >= 0.6 is 0 Å². The molecule has 1 heterocycles. The number of carbonyl (C=O) groups excluding carboxylic acids is 3. The van der Waals surface area contributed by atoms with Crippen LogP contribution in [0, 0.1) is 0 Å². The van der Waals surface area contributed by atoms with Gasteiger partial charge in [-0.25, -0.2) is 4.98 Å².